The second-order valence-electron chi connectivity index (χ2n) is 19.8. The summed E-state index contributed by atoms with van der Waals surface area (Å²) in [5.74, 6) is 38.6. The van der Waals surface area contributed by atoms with Gasteiger partial charge in [-0.15, -0.1) is 0 Å². The molecular weight excluding hydrogens is 907 g/mol. The predicted molar refractivity (Wildman–Crippen MR) is 317 cm³/mol. The highest BCUT2D eigenvalue weighted by Gasteiger charge is 2.24. The second-order valence-corrected chi connectivity index (χ2v) is 19.8. The Balaban J connectivity index is 0. The zero-order valence-electron chi connectivity index (χ0n) is 47.2. The molecule has 3 aromatic carbocycles. The number of carbonyl (C=O) groups excluding carboxylic acids is 1. The molecule has 0 aliphatic heterocycles. The Bertz CT molecular complexity index is 2450. The third-order valence-electron chi connectivity index (χ3n) is 9.76. The minimum Gasteiger partial charge on any atom is -0.376 e. The molecule has 1 aliphatic rings. The zero-order chi connectivity index (χ0) is 54.9. The Hall–Kier alpha value is -6.48. The molecule has 74 heavy (non-hydrogen) atoms. The van der Waals surface area contributed by atoms with E-state index in [4.69, 9.17) is 0 Å². The minimum atomic E-state index is -1.04. The molecule has 0 radical (unpaired) electrons. The van der Waals surface area contributed by atoms with Crippen LogP contribution in [0.3, 0.4) is 0 Å². The summed E-state index contributed by atoms with van der Waals surface area (Å²) < 4.78 is 0. The van der Waals surface area contributed by atoms with Crippen molar-refractivity contribution in [3.63, 3.8) is 0 Å². The number of pyridine rings is 1. The quantitative estimate of drug-likeness (QED) is 0.149. The smallest absolute Gasteiger partial charge is 0.252 e. The van der Waals surface area contributed by atoms with Crippen molar-refractivity contribution in [2.45, 2.75) is 148 Å². The van der Waals surface area contributed by atoms with Gasteiger partial charge in [0.2, 0.25) is 0 Å². The predicted octanol–water partition coefficient (Wildman–Crippen LogP) is 14.2. The number of nitrogens with one attached hydrogen (secondary N) is 2. The van der Waals surface area contributed by atoms with Crippen molar-refractivity contribution in [2.24, 2.45) is 40.9 Å². The molecule has 1 aromatic heterocycles. The van der Waals surface area contributed by atoms with Gasteiger partial charge in [-0.05, 0) is 75.0 Å². The van der Waals surface area contributed by atoms with Crippen molar-refractivity contribution in [3.05, 3.63) is 138 Å². The van der Waals surface area contributed by atoms with E-state index in [9.17, 15) is 15.0 Å². The Morgan fingerprint density at radius 2 is 1.08 bits per heavy atom. The van der Waals surface area contributed by atoms with Crippen molar-refractivity contribution >= 4 is 5.91 Å². The number of hydrogen-bond donors (Lipinski definition) is 4. The van der Waals surface area contributed by atoms with Crippen LogP contribution in [0.2, 0.25) is 0 Å². The van der Waals surface area contributed by atoms with Crippen molar-refractivity contribution in [2.75, 3.05) is 20.1 Å². The van der Waals surface area contributed by atoms with Crippen molar-refractivity contribution < 1.29 is 15.0 Å². The van der Waals surface area contributed by atoms with Crippen molar-refractivity contribution in [1.82, 2.24) is 15.6 Å². The van der Waals surface area contributed by atoms with E-state index in [2.05, 4.69) is 135 Å². The third kappa shape index (κ3) is 39.1. The van der Waals surface area contributed by atoms with Crippen LogP contribution in [-0.4, -0.2) is 41.2 Å². The van der Waals surface area contributed by atoms with Gasteiger partial charge >= 0.3 is 0 Å². The standard InChI is InChI=1S/C13H15NO.C13H16O.C12H14O.C12H20.C10H11N.C7H13N.CH4/c1-11(2)7-6-10-14-13(15)12-8-4-3-5-9-12;1-11(2)9-10-13(3,14)12-7-5-4-6-8-12;1-10(2)8-9-12(13)11-6-4-3-5-7-11;1-11(2)7-10-12(3)8-5-4-6-9-12;1-9(2)6-7-10-5-3-4-8-11-10;1-7(2)5-4-6-8-3;/h3-5,8-9,11H,10H2,1-2H3,(H,14,15);4-8,11,14H,1-3H3;3-7,10,12-13H,1-2H3;11H,4-6,8-9H2,1-3H3;3-5,8-9H,1-2H3;7-8H,6H2,1-3H3;1H4. The SMILES string of the molecule is C.CC(C)C#CC(C)(O)c1ccccc1.CC(C)C#CC(O)c1ccccc1.CC(C)C#CC1(C)CCCCC1.CC(C)C#CCNC(=O)c1ccccc1.CC(C)C#Cc1ccccn1.CNCC#CC(C)C. The monoisotopic (exact) mass is 1000 g/mol. The fourth-order valence-electron chi connectivity index (χ4n) is 5.93. The van der Waals surface area contributed by atoms with Crippen LogP contribution in [0.1, 0.15) is 170 Å². The molecule has 1 amide bonds. The Kier molecular flexibility index (Phi) is 39.4. The summed E-state index contributed by atoms with van der Waals surface area (Å²) in [6.07, 6.45) is 7.90. The highest BCUT2D eigenvalue weighted by atomic mass is 16.3. The van der Waals surface area contributed by atoms with Gasteiger partial charge in [-0.3, -0.25) is 4.79 Å². The van der Waals surface area contributed by atoms with Gasteiger partial charge in [0.15, 0.2) is 0 Å². The van der Waals surface area contributed by atoms with Gasteiger partial charge in [-0.25, -0.2) is 4.98 Å². The number of rotatable bonds is 5. The average molecular weight is 1000 g/mol. The first-order chi connectivity index (χ1) is 34.6. The highest BCUT2D eigenvalue weighted by molar-refractivity contribution is 5.94. The first kappa shape index (κ1) is 69.6. The molecule has 1 heterocycles. The van der Waals surface area contributed by atoms with Gasteiger partial charge in [0.05, 0.1) is 13.1 Å². The lowest BCUT2D eigenvalue weighted by Crippen LogP contribution is -2.23. The van der Waals surface area contributed by atoms with Gasteiger partial charge < -0.3 is 20.8 Å². The lowest BCUT2D eigenvalue weighted by Gasteiger charge is -2.28. The van der Waals surface area contributed by atoms with Gasteiger partial charge in [0, 0.05) is 52.7 Å². The average Bonchev–Trinajstić information content (AvgIpc) is 3.37. The van der Waals surface area contributed by atoms with Gasteiger partial charge in [-0.1, -0.05) is 260 Å². The lowest BCUT2D eigenvalue weighted by atomic mass is 9.76. The maximum absolute atomic E-state index is 11.5. The largest absolute Gasteiger partial charge is 0.376 e. The number of amides is 1. The van der Waals surface area contributed by atoms with E-state index in [0.29, 0.717) is 47.1 Å². The van der Waals surface area contributed by atoms with Gasteiger partial charge in [0.1, 0.15) is 17.4 Å². The van der Waals surface area contributed by atoms with Gasteiger partial charge in [-0.2, -0.15) is 0 Å². The highest BCUT2D eigenvalue weighted by Crippen LogP contribution is 2.35. The van der Waals surface area contributed by atoms with Crippen LogP contribution in [0, 0.1) is 112 Å². The van der Waals surface area contributed by atoms with E-state index in [1.807, 2.05) is 146 Å². The summed E-state index contributed by atoms with van der Waals surface area (Å²) in [5.41, 5.74) is 2.53. The molecule has 1 aliphatic carbocycles. The number of benzene rings is 3. The summed E-state index contributed by atoms with van der Waals surface area (Å²) in [5, 5.41) is 25.3. The number of carbonyl (C=O) groups is 1. The number of aliphatic hydroxyl groups is 2. The summed E-state index contributed by atoms with van der Waals surface area (Å²) in [4.78, 5) is 15.6. The molecule has 1 saturated carbocycles. The topological polar surface area (TPSA) is 94.5 Å². The number of hydrogen-bond acceptors (Lipinski definition) is 5. The third-order valence-corrected chi connectivity index (χ3v) is 9.76. The summed E-state index contributed by atoms with van der Waals surface area (Å²) in [6.45, 7) is 30.0. The van der Waals surface area contributed by atoms with Crippen molar-refractivity contribution in [3.8, 4) is 71.0 Å². The van der Waals surface area contributed by atoms with E-state index in [1.165, 1.54) is 32.1 Å². The summed E-state index contributed by atoms with van der Waals surface area (Å²) in [6, 6.07) is 33.8. The molecule has 0 bridgehead atoms. The molecule has 2 unspecified atom stereocenters. The van der Waals surface area contributed by atoms with Gasteiger partial charge in [0.25, 0.3) is 5.91 Å². The molecule has 2 atom stereocenters. The number of aromatic nitrogens is 1. The summed E-state index contributed by atoms with van der Waals surface area (Å²) in [7, 11) is 1.90. The molecule has 6 nitrogen and oxygen atoms in total. The van der Waals surface area contributed by atoms with Crippen LogP contribution in [-0.2, 0) is 5.60 Å². The molecule has 4 aromatic rings. The van der Waals surface area contributed by atoms with Crippen LogP contribution in [0.25, 0.3) is 0 Å². The number of aliphatic hydroxyl groups excluding tert-OH is 1. The van der Waals surface area contributed by atoms with Crippen LogP contribution in [0.15, 0.2) is 115 Å². The lowest BCUT2D eigenvalue weighted by molar-refractivity contribution is 0.0958. The molecule has 4 N–H and O–H groups in total. The van der Waals surface area contributed by atoms with E-state index < -0.39 is 11.7 Å². The Morgan fingerprint density at radius 3 is 1.55 bits per heavy atom. The van der Waals surface area contributed by atoms with Crippen LogP contribution in [0.4, 0.5) is 0 Å². The van der Waals surface area contributed by atoms with E-state index in [-0.39, 0.29) is 19.3 Å². The summed E-state index contributed by atoms with van der Waals surface area (Å²) >= 11 is 0. The number of nitrogens with zero attached hydrogens (tertiary/aromatic N) is 1. The van der Waals surface area contributed by atoms with E-state index >= 15 is 0 Å². The Morgan fingerprint density at radius 1 is 0.608 bits per heavy atom. The Labute approximate surface area is 452 Å². The van der Waals surface area contributed by atoms with Crippen LogP contribution >= 0.6 is 0 Å². The van der Waals surface area contributed by atoms with Crippen molar-refractivity contribution in [1.29, 1.82) is 0 Å². The molecule has 1 fully saturated rings. The fourth-order valence-corrected chi connectivity index (χ4v) is 5.93. The minimum absolute atomic E-state index is 0. The van der Waals surface area contributed by atoms with E-state index in [1.54, 1.807) is 25.3 Å². The first-order valence-corrected chi connectivity index (χ1v) is 26.0. The maximum atomic E-state index is 11.5. The van der Waals surface area contributed by atoms with Crippen LogP contribution < -0.4 is 10.6 Å². The molecule has 0 saturated heterocycles. The fraction of sp³-hybridized carbons (Fsp3) is 0.471. The molecule has 5 rings (SSSR count). The molecule has 6 heteroatoms. The van der Waals surface area contributed by atoms with Crippen LogP contribution in [0.5, 0.6) is 0 Å². The van der Waals surface area contributed by atoms with E-state index in [0.717, 1.165) is 23.4 Å². The normalized spacial score (nSPS) is 12.5. The zero-order valence-corrected chi connectivity index (χ0v) is 47.2. The molecule has 398 valence electrons. The maximum Gasteiger partial charge on any atom is 0.252 e. The molecular formula is C68H93N3O3. The molecule has 0 spiro atoms. The first-order valence-electron chi connectivity index (χ1n) is 26.0. The second kappa shape index (κ2) is 41.9.